The Kier molecular flexibility index (Phi) is 1.88. The maximum atomic E-state index is 11.9. The molecule has 6 heteroatoms. The molecule has 3 saturated heterocycles. The molecule has 0 aromatic carbocycles. The van der Waals surface area contributed by atoms with E-state index in [4.69, 9.17) is 14.3 Å². The lowest BCUT2D eigenvalue weighted by molar-refractivity contribution is -0.283. The summed E-state index contributed by atoms with van der Waals surface area (Å²) in [6.07, 6.45) is 5.01. The highest BCUT2D eigenvalue weighted by atomic mass is 16.8. The van der Waals surface area contributed by atoms with Crippen molar-refractivity contribution in [3.8, 4) is 0 Å². The van der Waals surface area contributed by atoms with Crippen LogP contribution < -0.4 is 0 Å². The summed E-state index contributed by atoms with van der Waals surface area (Å²) >= 11 is 0. The van der Waals surface area contributed by atoms with Gasteiger partial charge in [-0.25, -0.2) is 9.86 Å². The van der Waals surface area contributed by atoms with Gasteiger partial charge in [0.25, 0.3) is 0 Å². The maximum Gasteiger partial charge on any atom is 0.509 e. The van der Waals surface area contributed by atoms with Crippen molar-refractivity contribution in [2.75, 3.05) is 0 Å². The van der Waals surface area contributed by atoms with Crippen LogP contribution in [0.25, 0.3) is 0 Å². The fraction of sp³-hybridized carbons (Fsp3) is 0.667. The number of hydrogen-bond acceptors (Lipinski definition) is 5. The SMILES string of the molecule is O=C1O[C@H]2C=C[C@H]3C[C@]2(O1)[C@H]1CCCC(=O)N1O3. The molecule has 18 heavy (non-hydrogen) atoms. The Morgan fingerprint density at radius 1 is 1.33 bits per heavy atom. The monoisotopic (exact) mass is 251 g/mol. The fourth-order valence-electron chi connectivity index (χ4n) is 3.44. The number of hydrogen-bond donors (Lipinski definition) is 0. The van der Waals surface area contributed by atoms with Crippen molar-refractivity contribution < 1.29 is 23.9 Å². The summed E-state index contributed by atoms with van der Waals surface area (Å²) in [6, 6.07) is -0.226. The number of carbonyl (C=O) groups excluding carboxylic acids is 2. The van der Waals surface area contributed by atoms with E-state index in [1.54, 1.807) is 0 Å². The molecule has 4 atom stereocenters. The van der Waals surface area contributed by atoms with Crippen LogP contribution in [0.4, 0.5) is 4.79 Å². The first-order valence-corrected chi connectivity index (χ1v) is 6.26. The molecule has 3 aliphatic heterocycles. The Bertz CT molecular complexity index is 461. The number of piperidine rings is 1. The summed E-state index contributed by atoms with van der Waals surface area (Å²) in [4.78, 5) is 29.0. The number of amides is 1. The van der Waals surface area contributed by atoms with Crippen molar-refractivity contribution in [3.05, 3.63) is 12.2 Å². The summed E-state index contributed by atoms with van der Waals surface area (Å²) in [5.41, 5.74) is -0.745. The highest BCUT2D eigenvalue weighted by molar-refractivity contribution is 5.77. The maximum absolute atomic E-state index is 11.9. The standard InChI is InChI=1S/C12H13NO5/c14-10-3-1-2-8-12-6-7(18-13(8)10)4-5-9(12)16-11(15)17-12/h4-5,7-9H,1-3,6H2/t7-,8+,9-,12-/m0/s1. The van der Waals surface area contributed by atoms with Crippen LogP contribution in [-0.2, 0) is 19.1 Å². The van der Waals surface area contributed by atoms with Gasteiger partial charge >= 0.3 is 6.16 Å². The molecular formula is C12H13NO5. The van der Waals surface area contributed by atoms with Crippen molar-refractivity contribution in [1.82, 2.24) is 5.06 Å². The molecule has 0 radical (unpaired) electrons. The van der Waals surface area contributed by atoms with Gasteiger partial charge in [0, 0.05) is 12.8 Å². The van der Waals surface area contributed by atoms with Gasteiger partial charge in [-0.1, -0.05) is 6.08 Å². The van der Waals surface area contributed by atoms with Crippen molar-refractivity contribution in [1.29, 1.82) is 0 Å². The van der Waals surface area contributed by atoms with Crippen LogP contribution in [0.3, 0.4) is 0 Å². The minimum Gasteiger partial charge on any atom is -0.422 e. The van der Waals surface area contributed by atoms with Gasteiger partial charge in [0.1, 0.15) is 12.1 Å². The molecule has 96 valence electrons. The number of hydroxylamine groups is 2. The molecular weight excluding hydrogens is 238 g/mol. The molecule has 1 aliphatic carbocycles. The molecule has 1 amide bonds. The average molecular weight is 251 g/mol. The molecule has 2 bridgehead atoms. The highest BCUT2D eigenvalue weighted by Crippen LogP contribution is 2.47. The molecule has 0 aromatic rings. The summed E-state index contributed by atoms with van der Waals surface area (Å²) in [5.74, 6) is -0.0349. The summed E-state index contributed by atoms with van der Waals surface area (Å²) in [7, 11) is 0. The second-order valence-electron chi connectivity index (χ2n) is 5.21. The minimum absolute atomic E-state index is 0.0349. The van der Waals surface area contributed by atoms with Gasteiger partial charge < -0.3 is 9.47 Å². The highest BCUT2D eigenvalue weighted by Gasteiger charge is 2.63. The van der Waals surface area contributed by atoms with Crippen LogP contribution in [-0.4, -0.2) is 41.0 Å². The van der Waals surface area contributed by atoms with Crippen LogP contribution >= 0.6 is 0 Å². The quantitative estimate of drug-likeness (QED) is 0.473. The number of carbonyl (C=O) groups is 2. The lowest BCUT2D eigenvalue weighted by Gasteiger charge is -2.51. The van der Waals surface area contributed by atoms with Gasteiger partial charge in [-0.2, -0.15) is 0 Å². The first-order chi connectivity index (χ1) is 8.69. The van der Waals surface area contributed by atoms with E-state index in [0.29, 0.717) is 12.8 Å². The van der Waals surface area contributed by atoms with Gasteiger partial charge in [-0.05, 0) is 18.9 Å². The molecule has 0 unspecified atom stereocenters. The third kappa shape index (κ3) is 1.16. The first-order valence-electron chi connectivity index (χ1n) is 6.26. The fourth-order valence-corrected chi connectivity index (χ4v) is 3.44. The van der Waals surface area contributed by atoms with Gasteiger partial charge in [0.15, 0.2) is 11.7 Å². The Morgan fingerprint density at radius 3 is 3.11 bits per heavy atom. The van der Waals surface area contributed by atoms with E-state index in [1.807, 2.05) is 12.2 Å². The predicted molar refractivity (Wildman–Crippen MR) is 57.2 cm³/mol. The van der Waals surface area contributed by atoms with Gasteiger partial charge in [0.2, 0.25) is 5.91 Å². The van der Waals surface area contributed by atoms with E-state index in [9.17, 15) is 9.59 Å². The number of ether oxygens (including phenoxy) is 2. The average Bonchev–Trinajstić information content (AvgIpc) is 2.66. The van der Waals surface area contributed by atoms with Crippen LogP contribution in [0.1, 0.15) is 25.7 Å². The van der Waals surface area contributed by atoms with Crippen molar-refractivity contribution in [3.63, 3.8) is 0 Å². The van der Waals surface area contributed by atoms with Crippen molar-refractivity contribution >= 4 is 12.1 Å². The summed E-state index contributed by atoms with van der Waals surface area (Å²) in [5, 5.41) is 1.41. The Morgan fingerprint density at radius 2 is 2.22 bits per heavy atom. The van der Waals surface area contributed by atoms with E-state index >= 15 is 0 Å². The van der Waals surface area contributed by atoms with Crippen LogP contribution in [0.5, 0.6) is 0 Å². The largest absolute Gasteiger partial charge is 0.509 e. The molecule has 3 fully saturated rings. The zero-order chi connectivity index (χ0) is 12.3. The lowest BCUT2D eigenvalue weighted by Crippen LogP contribution is -2.67. The van der Waals surface area contributed by atoms with Crippen LogP contribution in [0.2, 0.25) is 0 Å². The van der Waals surface area contributed by atoms with Gasteiger partial charge in [0.05, 0.1) is 0 Å². The van der Waals surface area contributed by atoms with E-state index in [0.717, 1.165) is 12.8 Å². The number of fused-ring (bicyclic) bond motifs is 2. The molecule has 6 nitrogen and oxygen atoms in total. The summed E-state index contributed by atoms with van der Waals surface area (Å²) in [6.45, 7) is 0. The van der Waals surface area contributed by atoms with E-state index in [-0.39, 0.29) is 18.1 Å². The molecule has 0 aromatic heterocycles. The van der Waals surface area contributed by atoms with E-state index < -0.39 is 17.9 Å². The second-order valence-corrected chi connectivity index (χ2v) is 5.21. The Hall–Kier alpha value is -1.56. The van der Waals surface area contributed by atoms with Gasteiger partial charge in [-0.3, -0.25) is 9.63 Å². The van der Waals surface area contributed by atoms with Gasteiger partial charge in [-0.15, -0.1) is 0 Å². The number of nitrogens with zero attached hydrogens (tertiary/aromatic N) is 1. The Labute approximate surface area is 103 Å². The molecule has 0 saturated carbocycles. The van der Waals surface area contributed by atoms with Crippen LogP contribution in [0.15, 0.2) is 12.2 Å². The van der Waals surface area contributed by atoms with Crippen molar-refractivity contribution in [2.45, 2.75) is 49.5 Å². The zero-order valence-corrected chi connectivity index (χ0v) is 9.70. The minimum atomic E-state index is -0.745. The summed E-state index contributed by atoms with van der Waals surface area (Å²) < 4.78 is 10.6. The molecule has 0 N–H and O–H groups in total. The van der Waals surface area contributed by atoms with Crippen molar-refractivity contribution in [2.24, 2.45) is 0 Å². The lowest BCUT2D eigenvalue weighted by atomic mass is 9.75. The van der Waals surface area contributed by atoms with E-state index in [1.165, 1.54) is 5.06 Å². The van der Waals surface area contributed by atoms with E-state index in [2.05, 4.69) is 0 Å². The topological polar surface area (TPSA) is 65.1 Å². The smallest absolute Gasteiger partial charge is 0.422 e. The molecule has 1 spiro atoms. The molecule has 4 aliphatic rings. The predicted octanol–water partition coefficient (Wildman–Crippen LogP) is 0.915. The second kappa shape index (κ2) is 3.26. The third-order valence-electron chi connectivity index (χ3n) is 4.21. The Balaban J connectivity index is 1.80. The first kappa shape index (κ1) is 10.4. The zero-order valence-electron chi connectivity index (χ0n) is 9.70. The molecule has 4 rings (SSSR count). The molecule has 3 heterocycles. The normalized spacial score (nSPS) is 45.1. The van der Waals surface area contributed by atoms with Crippen LogP contribution in [0, 0.1) is 0 Å². The third-order valence-corrected chi connectivity index (χ3v) is 4.21. The number of rotatable bonds is 0.